The van der Waals surface area contributed by atoms with Gasteiger partial charge in [-0.25, -0.2) is 0 Å². The lowest BCUT2D eigenvalue weighted by Crippen LogP contribution is -2.65. The Morgan fingerprint density at radius 3 is 2.33 bits per heavy atom. The Morgan fingerprint density at radius 1 is 0.897 bits per heavy atom. The van der Waals surface area contributed by atoms with Gasteiger partial charge in [0.2, 0.25) is 0 Å². The number of hydrogen-bond acceptors (Lipinski definition) is 8. The van der Waals surface area contributed by atoms with Crippen molar-refractivity contribution in [1.29, 1.82) is 0 Å². The molecule has 1 unspecified atom stereocenters. The Balaban J connectivity index is 1.38. The van der Waals surface area contributed by atoms with E-state index in [-0.39, 0.29) is 5.97 Å². The molecular weight excluding hydrogens is 494 g/mol. The molecule has 200 valence electrons. The van der Waals surface area contributed by atoms with Crippen LogP contribution in [0, 0.1) is 0 Å². The molecular formula is C30H31N5O4. The van der Waals surface area contributed by atoms with Gasteiger partial charge < -0.3 is 30.2 Å². The first-order chi connectivity index (χ1) is 19.0. The first-order valence-electron chi connectivity index (χ1n) is 13.0. The molecule has 3 heterocycles. The minimum absolute atomic E-state index is 0.374. The number of piperidine rings is 1. The minimum atomic E-state index is -1.19. The number of benzene rings is 3. The van der Waals surface area contributed by atoms with E-state index in [1.54, 1.807) is 13.3 Å². The summed E-state index contributed by atoms with van der Waals surface area (Å²) in [6, 6.07) is 21.7. The molecule has 1 atom stereocenters. The third kappa shape index (κ3) is 4.44. The number of hydrogen-bond donors (Lipinski definition) is 4. The summed E-state index contributed by atoms with van der Waals surface area (Å²) in [5.41, 5.74) is 4.22. The molecule has 3 aromatic carbocycles. The van der Waals surface area contributed by atoms with Crippen LogP contribution >= 0.6 is 0 Å². The first-order valence-corrected chi connectivity index (χ1v) is 13.0. The van der Waals surface area contributed by atoms with Crippen LogP contribution in [0.1, 0.15) is 25.3 Å². The van der Waals surface area contributed by atoms with Crippen molar-refractivity contribution in [2.24, 2.45) is 0 Å². The zero-order valence-electron chi connectivity index (χ0n) is 21.9. The van der Waals surface area contributed by atoms with Crippen molar-refractivity contribution in [3.05, 3.63) is 84.7 Å². The number of aromatic amines is 1. The molecule has 0 amide bonds. The maximum Gasteiger partial charge on any atom is 0.306 e. The molecule has 6 rings (SSSR count). The predicted octanol–water partition coefficient (Wildman–Crippen LogP) is 5.25. The maximum absolute atomic E-state index is 12.6. The lowest BCUT2D eigenvalue weighted by Gasteiger charge is -2.50. The summed E-state index contributed by atoms with van der Waals surface area (Å²) in [7, 11) is 1.62. The number of aromatic nitrogens is 2. The van der Waals surface area contributed by atoms with Crippen LogP contribution in [0.25, 0.3) is 11.1 Å². The lowest BCUT2D eigenvalue weighted by molar-refractivity contribution is -0.159. The third-order valence-electron chi connectivity index (χ3n) is 7.61. The number of nitrogens with one attached hydrogen (secondary N) is 4. The maximum atomic E-state index is 12.6. The quantitative estimate of drug-likeness (QED) is 0.242. The lowest BCUT2D eigenvalue weighted by atomic mass is 9.68. The van der Waals surface area contributed by atoms with E-state index in [1.807, 2.05) is 48.7 Å². The average molecular weight is 526 g/mol. The van der Waals surface area contributed by atoms with Gasteiger partial charge in [-0.15, -0.1) is 0 Å². The molecule has 2 aliphatic heterocycles. The fraction of sp³-hybridized carbons (Fsp3) is 0.267. The largest absolute Gasteiger partial charge is 0.493 e. The van der Waals surface area contributed by atoms with Gasteiger partial charge in [-0.2, -0.15) is 5.10 Å². The summed E-state index contributed by atoms with van der Waals surface area (Å²) in [5.74, 6) is 0.329. The van der Waals surface area contributed by atoms with Gasteiger partial charge in [-0.3, -0.25) is 9.89 Å². The second kappa shape index (κ2) is 9.99. The van der Waals surface area contributed by atoms with Crippen LogP contribution in [-0.2, 0) is 14.9 Å². The minimum Gasteiger partial charge on any atom is -0.493 e. The molecule has 4 N–H and O–H groups in total. The molecule has 0 spiro atoms. The van der Waals surface area contributed by atoms with Gasteiger partial charge in [0.25, 0.3) is 5.85 Å². The van der Waals surface area contributed by atoms with Gasteiger partial charge in [0.15, 0.2) is 11.5 Å². The monoisotopic (exact) mass is 525 g/mol. The molecule has 1 aromatic heterocycles. The number of methoxy groups -OCH3 is 1. The highest BCUT2D eigenvalue weighted by Gasteiger charge is 2.59. The fourth-order valence-electron chi connectivity index (χ4n) is 5.73. The van der Waals surface area contributed by atoms with Crippen LogP contribution in [0.15, 0.2) is 79.1 Å². The number of nitrogens with zero attached hydrogens (tertiary/aromatic N) is 1. The Bertz CT molecular complexity index is 1470. The molecule has 9 nitrogen and oxygen atoms in total. The van der Waals surface area contributed by atoms with E-state index in [0.29, 0.717) is 17.2 Å². The zero-order valence-corrected chi connectivity index (χ0v) is 21.9. The van der Waals surface area contributed by atoms with E-state index in [4.69, 9.17) is 14.2 Å². The SMILES string of the molecule is COc1ccccc1Oc1ccc2c(c1)NC(OC(C)=O)(C1(c3ccc(-c4cn[nH]c4)cc3)CCNCC1)N2. The van der Waals surface area contributed by atoms with Crippen LogP contribution < -0.4 is 25.4 Å². The van der Waals surface area contributed by atoms with Crippen molar-refractivity contribution in [3.63, 3.8) is 0 Å². The van der Waals surface area contributed by atoms with Crippen molar-refractivity contribution >= 4 is 17.3 Å². The number of H-pyrrole nitrogens is 1. The summed E-state index contributed by atoms with van der Waals surface area (Å²) < 4.78 is 17.8. The number of carbonyl (C=O) groups excluding carboxylic acids is 1. The van der Waals surface area contributed by atoms with Gasteiger partial charge in [-0.05, 0) is 61.3 Å². The van der Waals surface area contributed by atoms with Gasteiger partial charge in [0.05, 0.1) is 30.1 Å². The highest BCUT2D eigenvalue weighted by atomic mass is 16.6. The fourth-order valence-corrected chi connectivity index (χ4v) is 5.73. The molecule has 1 saturated heterocycles. The number of fused-ring (bicyclic) bond motifs is 1. The van der Waals surface area contributed by atoms with Crippen LogP contribution in [0.5, 0.6) is 17.2 Å². The Morgan fingerprint density at radius 2 is 1.64 bits per heavy atom. The summed E-state index contributed by atoms with van der Waals surface area (Å²) in [6.07, 6.45) is 5.18. The molecule has 0 bridgehead atoms. The van der Waals surface area contributed by atoms with Gasteiger partial charge in [0.1, 0.15) is 5.75 Å². The number of esters is 1. The van der Waals surface area contributed by atoms with E-state index in [0.717, 1.165) is 54.0 Å². The average Bonchev–Trinajstić information content (AvgIpc) is 3.62. The number of carbonyl (C=O) groups is 1. The third-order valence-corrected chi connectivity index (χ3v) is 7.61. The number of anilines is 2. The molecule has 0 aliphatic carbocycles. The van der Waals surface area contributed by atoms with Gasteiger partial charge in [-0.1, -0.05) is 36.4 Å². The molecule has 4 aromatic rings. The van der Waals surface area contributed by atoms with Crippen LogP contribution in [0.2, 0.25) is 0 Å². The second-order valence-corrected chi connectivity index (χ2v) is 9.88. The van der Waals surface area contributed by atoms with E-state index < -0.39 is 11.3 Å². The Kier molecular flexibility index (Phi) is 6.36. The van der Waals surface area contributed by atoms with Crippen molar-refractivity contribution in [2.45, 2.75) is 31.0 Å². The van der Waals surface area contributed by atoms with Crippen LogP contribution in [0.3, 0.4) is 0 Å². The molecule has 0 radical (unpaired) electrons. The topological polar surface area (TPSA) is 110 Å². The highest BCUT2D eigenvalue weighted by Crippen LogP contribution is 2.51. The second-order valence-electron chi connectivity index (χ2n) is 9.88. The summed E-state index contributed by atoms with van der Waals surface area (Å²) >= 11 is 0. The zero-order chi connectivity index (χ0) is 26.9. The van der Waals surface area contributed by atoms with E-state index in [1.165, 1.54) is 6.92 Å². The normalized spacial score (nSPS) is 19.3. The number of ether oxygens (including phenoxy) is 3. The van der Waals surface area contributed by atoms with Gasteiger partial charge >= 0.3 is 5.97 Å². The van der Waals surface area contributed by atoms with E-state index >= 15 is 0 Å². The van der Waals surface area contributed by atoms with Gasteiger partial charge in [0, 0.05) is 24.8 Å². The molecule has 0 saturated carbocycles. The van der Waals surface area contributed by atoms with Crippen molar-refractivity contribution in [2.75, 3.05) is 30.8 Å². The predicted molar refractivity (Wildman–Crippen MR) is 149 cm³/mol. The Hall–Kier alpha value is -4.50. The highest BCUT2D eigenvalue weighted by molar-refractivity contribution is 5.80. The standard InChI is InChI=1S/C30H31N5O4/c1-20(36)39-30(29(13-15-31-16-14-29)23-9-7-21(8-10-23)22-18-32-33-19-22)34-25-12-11-24(17-26(25)35-30)38-28-6-4-3-5-27(28)37-2/h3-12,17-19,31,34-35H,13-16H2,1-2H3,(H,32,33). The number of para-hydroxylation sites is 2. The number of rotatable bonds is 7. The molecule has 1 fully saturated rings. The van der Waals surface area contributed by atoms with Crippen LogP contribution in [-0.4, -0.2) is 42.2 Å². The van der Waals surface area contributed by atoms with E-state index in [9.17, 15) is 4.79 Å². The Labute approximate surface area is 226 Å². The smallest absolute Gasteiger partial charge is 0.306 e. The van der Waals surface area contributed by atoms with Crippen LogP contribution in [0.4, 0.5) is 11.4 Å². The molecule has 2 aliphatic rings. The molecule has 39 heavy (non-hydrogen) atoms. The van der Waals surface area contributed by atoms with Crippen molar-refractivity contribution < 1.29 is 19.0 Å². The molecule has 9 heteroatoms. The first kappa shape index (κ1) is 24.8. The summed E-state index contributed by atoms with van der Waals surface area (Å²) in [4.78, 5) is 12.6. The van der Waals surface area contributed by atoms with E-state index in [2.05, 4.69) is 50.4 Å². The summed E-state index contributed by atoms with van der Waals surface area (Å²) in [5, 5.41) is 17.5. The summed E-state index contributed by atoms with van der Waals surface area (Å²) in [6.45, 7) is 3.02. The van der Waals surface area contributed by atoms with Crippen molar-refractivity contribution in [1.82, 2.24) is 15.5 Å². The van der Waals surface area contributed by atoms with Crippen molar-refractivity contribution in [3.8, 4) is 28.4 Å².